The summed E-state index contributed by atoms with van der Waals surface area (Å²) >= 11 is 1.21. The Morgan fingerprint density at radius 3 is 2.59 bits per heavy atom. The molecular weight excluding hydrogens is 410 g/mol. The minimum atomic E-state index is -3.52. The van der Waals surface area contributed by atoms with Gasteiger partial charge in [0.1, 0.15) is 4.21 Å². The van der Waals surface area contributed by atoms with Crippen LogP contribution in [0.25, 0.3) is 0 Å². The number of benzene rings is 1. The number of aryl methyl sites for hydroxylation is 1. The van der Waals surface area contributed by atoms with E-state index in [2.05, 4.69) is 10.6 Å². The Bertz CT molecular complexity index is 941. The van der Waals surface area contributed by atoms with E-state index in [4.69, 9.17) is 0 Å². The molecule has 0 saturated carbocycles. The molecule has 2 heterocycles. The molecule has 0 spiro atoms. The van der Waals surface area contributed by atoms with Gasteiger partial charge in [-0.05, 0) is 49.8 Å². The number of nitrogens with zero attached hydrogens (tertiary/aromatic N) is 1. The normalized spacial score (nSPS) is 17.6. The highest BCUT2D eigenvalue weighted by Crippen LogP contribution is 2.29. The van der Waals surface area contributed by atoms with Crippen molar-refractivity contribution in [1.82, 2.24) is 9.62 Å². The number of rotatable bonds is 6. The molecule has 0 bridgehead atoms. The lowest BCUT2D eigenvalue weighted by molar-refractivity contribution is -0.136. The second-order valence-corrected chi connectivity index (χ2v) is 10.1. The predicted molar refractivity (Wildman–Crippen MR) is 113 cm³/mol. The van der Waals surface area contributed by atoms with Gasteiger partial charge in [0.05, 0.1) is 0 Å². The SMILES string of the molecule is Cc1ccc(NC(=O)C(=O)NCCC2CCCCN2S(=O)(=O)c2cccs2)cc1. The number of anilines is 1. The van der Waals surface area contributed by atoms with Crippen LogP contribution in [-0.4, -0.2) is 43.7 Å². The monoisotopic (exact) mass is 435 g/mol. The van der Waals surface area contributed by atoms with Crippen LogP contribution in [0.15, 0.2) is 46.0 Å². The highest BCUT2D eigenvalue weighted by atomic mass is 32.2. The Labute approximate surface area is 175 Å². The molecule has 1 unspecified atom stereocenters. The van der Waals surface area contributed by atoms with Crippen molar-refractivity contribution in [2.75, 3.05) is 18.4 Å². The van der Waals surface area contributed by atoms with Crippen molar-refractivity contribution >= 4 is 38.9 Å². The third kappa shape index (κ3) is 5.43. The number of sulfonamides is 1. The molecule has 29 heavy (non-hydrogen) atoms. The fraction of sp³-hybridized carbons (Fsp3) is 0.400. The second-order valence-electron chi connectivity index (χ2n) is 7.06. The number of thiophene rings is 1. The topological polar surface area (TPSA) is 95.6 Å². The van der Waals surface area contributed by atoms with Crippen LogP contribution in [0.1, 0.15) is 31.2 Å². The zero-order chi connectivity index (χ0) is 20.9. The standard InChI is InChI=1S/C20H25N3O4S2/c1-15-7-9-16(10-8-15)22-20(25)19(24)21-12-11-17-5-2-3-13-23(17)29(26,27)18-6-4-14-28-18/h4,6-10,14,17H,2-3,5,11-13H2,1H3,(H,21,24)(H,22,25). The van der Waals surface area contributed by atoms with Crippen molar-refractivity contribution in [3.8, 4) is 0 Å². The molecule has 3 rings (SSSR count). The fourth-order valence-corrected chi connectivity index (χ4v) is 6.21. The molecule has 2 amide bonds. The summed E-state index contributed by atoms with van der Waals surface area (Å²) in [7, 11) is -3.52. The van der Waals surface area contributed by atoms with Gasteiger partial charge in [-0.3, -0.25) is 9.59 Å². The molecule has 1 aliphatic rings. The molecule has 0 aliphatic carbocycles. The number of amides is 2. The molecule has 0 radical (unpaired) electrons. The van der Waals surface area contributed by atoms with E-state index >= 15 is 0 Å². The summed E-state index contributed by atoms with van der Waals surface area (Å²) in [5.41, 5.74) is 1.61. The van der Waals surface area contributed by atoms with Crippen LogP contribution in [0.2, 0.25) is 0 Å². The van der Waals surface area contributed by atoms with Crippen LogP contribution < -0.4 is 10.6 Å². The third-order valence-electron chi connectivity index (χ3n) is 4.91. The average molecular weight is 436 g/mol. The number of nitrogens with one attached hydrogen (secondary N) is 2. The molecule has 7 nitrogen and oxygen atoms in total. The van der Waals surface area contributed by atoms with Gasteiger partial charge >= 0.3 is 11.8 Å². The van der Waals surface area contributed by atoms with Gasteiger partial charge in [-0.15, -0.1) is 11.3 Å². The third-order valence-corrected chi connectivity index (χ3v) is 8.23. The Hall–Kier alpha value is -2.23. The summed E-state index contributed by atoms with van der Waals surface area (Å²) in [6.07, 6.45) is 2.99. The Morgan fingerprint density at radius 1 is 1.14 bits per heavy atom. The van der Waals surface area contributed by atoms with E-state index < -0.39 is 21.8 Å². The molecule has 1 fully saturated rings. The van der Waals surface area contributed by atoms with Gasteiger partial charge in [-0.1, -0.05) is 30.2 Å². The van der Waals surface area contributed by atoms with Gasteiger partial charge in [-0.2, -0.15) is 4.31 Å². The quantitative estimate of drug-likeness (QED) is 0.682. The van der Waals surface area contributed by atoms with Crippen LogP contribution in [0.3, 0.4) is 0 Å². The average Bonchev–Trinajstić information content (AvgIpc) is 3.26. The Balaban J connectivity index is 1.53. The smallest absolute Gasteiger partial charge is 0.313 e. The predicted octanol–water partition coefficient (Wildman–Crippen LogP) is 2.74. The van der Waals surface area contributed by atoms with Crippen LogP contribution >= 0.6 is 11.3 Å². The van der Waals surface area contributed by atoms with E-state index in [9.17, 15) is 18.0 Å². The first kappa shape index (κ1) is 21.5. The van der Waals surface area contributed by atoms with E-state index in [1.54, 1.807) is 34.0 Å². The Morgan fingerprint density at radius 2 is 1.90 bits per heavy atom. The van der Waals surface area contributed by atoms with Gasteiger partial charge in [0, 0.05) is 24.8 Å². The summed E-state index contributed by atoms with van der Waals surface area (Å²) in [6, 6.07) is 10.3. The van der Waals surface area contributed by atoms with Gasteiger partial charge in [0.15, 0.2) is 0 Å². The van der Waals surface area contributed by atoms with E-state index in [0.29, 0.717) is 22.9 Å². The molecule has 9 heteroatoms. The van der Waals surface area contributed by atoms with Crippen molar-refractivity contribution in [2.45, 2.75) is 42.9 Å². The number of piperidine rings is 1. The van der Waals surface area contributed by atoms with Crippen molar-refractivity contribution in [3.63, 3.8) is 0 Å². The van der Waals surface area contributed by atoms with Crippen molar-refractivity contribution < 1.29 is 18.0 Å². The first-order valence-corrected chi connectivity index (χ1v) is 11.9. The first-order valence-electron chi connectivity index (χ1n) is 9.59. The maximum absolute atomic E-state index is 12.9. The molecule has 1 aliphatic heterocycles. The lowest BCUT2D eigenvalue weighted by Crippen LogP contribution is -2.45. The minimum Gasteiger partial charge on any atom is -0.348 e. The van der Waals surface area contributed by atoms with Crippen molar-refractivity contribution in [3.05, 3.63) is 47.3 Å². The van der Waals surface area contributed by atoms with Crippen molar-refractivity contribution in [2.24, 2.45) is 0 Å². The second kappa shape index (κ2) is 9.51. The summed E-state index contributed by atoms with van der Waals surface area (Å²) in [5.74, 6) is -1.46. The van der Waals surface area contributed by atoms with Crippen LogP contribution in [0.4, 0.5) is 5.69 Å². The summed E-state index contributed by atoms with van der Waals surface area (Å²) in [4.78, 5) is 24.1. The van der Waals surface area contributed by atoms with Crippen molar-refractivity contribution in [1.29, 1.82) is 0 Å². The number of carbonyl (C=O) groups is 2. The zero-order valence-corrected chi connectivity index (χ0v) is 17.9. The maximum Gasteiger partial charge on any atom is 0.313 e. The highest BCUT2D eigenvalue weighted by Gasteiger charge is 2.33. The molecule has 1 atom stereocenters. The number of hydrogen-bond donors (Lipinski definition) is 2. The lowest BCUT2D eigenvalue weighted by atomic mass is 10.0. The van der Waals surface area contributed by atoms with E-state index in [-0.39, 0.29) is 12.6 Å². The van der Waals surface area contributed by atoms with E-state index in [1.807, 2.05) is 19.1 Å². The zero-order valence-electron chi connectivity index (χ0n) is 16.3. The van der Waals surface area contributed by atoms with Gasteiger partial charge < -0.3 is 10.6 Å². The lowest BCUT2D eigenvalue weighted by Gasteiger charge is -2.34. The molecule has 1 saturated heterocycles. The van der Waals surface area contributed by atoms with E-state index in [0.717, 1.165) is 24.8 Å². The van der Waals surface area contributed by atoms with Gasteiger partial charge in [0.25, 0.3) is 10.0 Å². The van der Waals surface area contributed by atoms with Crippen LogP contribution in [0, 0.1) is 6.92 Å². The summed E-state index contributed by atoms with van der Waals surface area (Å²) in [6.45, 7) is 2.65. The van der Waals surface area contributed by atoms with Gasteiger partial charge in [-0.25, -0.2) is 8.42 Å². The summed E-state index contributed by atoms with van der Waals surface area (Å²) in [5, 5.41) is 6.90. The molecule has 2 N–H and O–H groups in total. The first-order chi connectivity index (χ1) is 13.9. The molecule has 1 aromatic heterocycles. The van der Waals surface area contributed by atoms with E-state index in [1.165, 1.54) is 11.3 Å². The highest BCUT2D eigenvalue weighted by molar-refractivity contribution is 7.91. The molecule has 2 aromatic rings. The van der Waals surface area contributed by atoms with Crippen LogP contribution in [-0.2, 0) is 19.6 Å². The molecular formula is C20H25N3O4S2. The van der Waals surface area contributed by atoms with Gasteiger partial charge in [0.2, 0.25) is 0 Å². The van der Waals surface area contributed by atoms with Crippen LogP contribution in [0.5, 0.6) is 0 Å². The number of carbonyl (C=O) groups excluding carboxylic acids is 2. The fourth-order valence-electron chi connectivity index (χ4n) is 3.36. The minimum absolute atomic E-state index is 0.184. The summed E-state index contributed by atoms with van der Waals surface area (Å²) < 4.78 is 27.6. The number of hydrogen-bond acceptors (Lipinski definition) is 5. The molecule has 1 aromatic carbocycles. The maximum atomic E-state index is 12.9. The molecule has 156 valence electrons. The largest absolute Gasteiger partial charge is 0.348 e. The Kier molecular flexibility index (Phi) is 7.05.